The molecule has 4 aliphatic heterocycles. The smallest absolute Gasteiger partial charge is 0.187 e. The zero-order valence-corrected chi connectivity index (χ0v) is 31.6. The number of aliphatic hydroxyl groups is 8. The molecule has 4 aliphatic carbocycles. The Kier molecular flexibility index (Phi) is 10.6. The number of hydrogen-bond donors (Lipinski definition) is 8. The molecule has 0 amide bonds. The Morgan fingerprint density at radius 2 is 1.34 bits per heavy atom. The van der Waals surface area contributed by atoms with Crippen molar-refractivity contribution in [1.29, 1.82) is 0 Å². The fourth-order valence-electron chi connectivity index (χ4n) is 13.2. The topological polar surface area (TPSA) is 217 Å². The minimum atomic E-state index is -1.73. The molecule has 53 heavy (non-hydrogen) atoms. The molecule has 0 aromatic carbocycles. The Balaban J connectivity index is 0.956. The Hall–Kier alpha value is -0.560. The molecule has 0 aromatic rings. The van der Waals surface area contributed by atoms with Crippen molar-refractivity contribution in [2.75, 3.05) is 19.8 Å². The minimum absolute atomic E-state index is 0.0208. The molecule has 14 heteroatoms. The van der Waals surface area contributed by atoms with E-state index in [4.69, 9.17) is 28.4 Å². The van der Waals surface area contributed by atoms with Gasteiger partial charge in [0.05, 0.1) is 38.1 Å². The Labute approximate surface area is 312 Å². The maximum Gasteiger partial charge on any atom is 0.187 e. The number of fused-ring (bicyclic) bond motifs is 7. The molecule has 23 atom stereocenters. The lowest BCUT2D eigenvalue weighted by atomic mass is 9.44. The van der Waals surface area contributed by atoms with Gasteiger partial charge in [0.25, 0.3) is 0 Å². The van der Waals surface area contributed by atoms with E-state index in [0.717, 1.165) is 51.4 Å². The van der Waals surface area contributed by atoms with Gasteiger partial charge in [-0.1, -0.05) is 27.7 Å². The predicted molar refractivity (Wildman–Crippen MR) is 184 cm³/mol. The third-order valence-electron chi connectivity index (χ3n) is 16.2. The first kappa shape index (κ1) is 39.3. The Bertz CT molecular complexity index is 1300. The molecule has 304 valence electrons. The fraction of sp³-hybridized carbons (Fsp3) is 1.00. The summed E-state index contributed by atoms with van der Waals surface area (Å²) < 4.78 is 37.3. The van der Waals surface area contributed by atoms with Crippen LogP contribution < -0.4 is 0 Å². The zero-order chi connectivity index (χ0) is 37.8. The van der Waals surface area contributed by atoms with Gasteiger partial charge in [0.2, 0.25) is 0 Å². The van der Waals surface area contributed by atoms with Gasteiger partial charge in [-0.15, -0.1) is 0 Å². The number of ether oxygens (including phenoxy) is 6. The third kappa shape index (κ3) is 6.11. The summed E-state index contributed by atoms with van der Waals surface area (Å²) in [6, 6.07) is 0. The lowest BCUT2D eigenvalue weighted by Crippen LogP contribution is -2.65. The fourth-order valence-corrected chi connectivity index (χ4v) is 13.2. The second kappa shape index (κ2) is 14.4. The molecular weight excluding hydrogens is 692 g/mol. The normalized spacial score (nSPS) is 59.5. The van der Waals surface area contributed by atoms with Crippen molar-refractivity contribution in [3.05, 3.63) is 0 Å². The largest absolute Gasteiger partial charge is 0.394 e. The molecule has 0 bridgehead atoms. The lowest BCUT2D eigenvalue weighted by molar-refractivity contribution is -0.373. The maximum absolute atomic E-state index is 12.1. The second-order valence-electron chi connectivity index (χ2n) is 18.8. The Morgan fingerprint density at radius 1 is 0.660 bits per heavy atom. The van der Waals surface area contributed by atoms with Crippen LogP contribution in [-0.2, 0) is 28.4 Å². The van der Waals surface area contributed by atoms with Crippen molar-refractivity contribution in [3.63, 3.8) is 0 Å². The van der Waals surface area contributed by atoms with Crippen molar-refractivity contribution in [1.82, 2.24) is 0 Å². The monoisotopic (exact) mass is 756 g/mol. The van der Waals surface area contributed by atoms with Crippen LogP contribution >= 0.6 is 0 Å². The standard InChI is InChI=1S/C39H64O14/c1-17-7-12-39(48-16-17)18(2)25-33(53-39)29(44)26-21-6-5-19-13-20(8-10-37(19,3)22(21)9-11-38(25,26)4)49-36-34(31(46)28(43)24(15-41)51-36)52-35-32(47)30(45)27(42)23(14-40)50-35/h17-36,40-47H,5-16H2,1-4H3/t17?,18-,19+,20-,21?,22?,23?,24?,25?,26?,27?,28-,29+,30-,31-,32?,33-,34?,35?,36?,37-,38+,39?/m0/s1. The molecule has 8 rings (SSSR count). The highest BCUT2D eigenvalue weighted by Gasteiger charge is 2.72. The van der Waals surface area contributed by atoms with Crippen molar-refractivity contribution in [3.8, 4) is 0 Å². The summed E-state index contributed by atoms with van der Waals surface area (Å²) in [4.78, 5) is 0. The quantitative estimate of drug-likeness (QED) is 0.173. The van der Waals surface area contributed by atoms with Gasteiger partial charge in [0.15, 0.2) is 18.4 Å². The number of hydrogen-bond acceptors (Lipinski definition) is 14. The van der Waals surface area contributed by atoms with Gasteiger partial charge in [-0.05, 0) is 91.8 Å². The molecule has 1 spiro atoms. The molecule has 4 saturated heterocycles. The van der Waals surface area contributed by atoms with Gasteiger partial charge in [0.1, 0.15) is 48.8 Å². The molecule has 4 saturated carbocycles. The summed E-state index contributed by atoms with van der Waals surface area (Å²) in [5.41, 5.74) is 0.0217. The van der Waals surface area contributed by atoms with Crippen LogP contribution in [0.15, 0.2) is 0 Å². The van der Waals surface area contributed by atoms with Gasteiger partial charge in [-0.2, -0.15) is 0 Å². The van der Waals surface area contributed by atoms with Crippen LogP contribution in [0.5, 0.6) is 0 Å². The first-order valence-electron chi connectivity index (χ1n) is 20.4. The summed E-state index contributed by atoms with van der Waals surface area (Å²) >= 11 is 0. The van der Waals surface area contributed by atoms with E-state index in [1.807, 2.05) is 0 Å². The molecule has 14 nitrogen and oxygen atoms in total. The zero-order valence-electron chi connectivity index (χ0n) is 31.6. The van der Waals surface area contributed by atoms with Crippen LogP contribution in [0.25, 0.3) is 0 Å². The predicted octanol–water partition coefficient (Wildman–Crippen LogP) is 0.413. The van der Waals surface area contributed by atoms with E-state index in [2.05, 4.69) is 27.7 Å². The van der Waals surface area contributed by atoms with Crippen LogP contribution in [0, 0.1) is 52.3 Å². The van der Waals surface area contributed by atoms with Crippen LogP contribution in [0.1, 0.15) is 85.5 Å². The van der Waals surface area contributed by atoms with E-state index in [-0.39, 0.29) is 40.8 Å². The molecule has 8 aliphatic rings. The summed E-state index contributed by atoms with van der Waals surface area (Å²) in [5, 5.41) is 84.8. The lowest BCUT2D eigenvalue weighted by Gasteiger charge is -2.61. The van der Waals surface area contributed by atoms with Crippen LogP contribution in [0.3, 0.4) is 0 Å². The van der Waals surface area contributed by atoms with Gasteiger partial charge in [-0.25, -0.2) is 0 Å². The van der Waals surface area contributed by atoms with E-state index in [1.54, 1.807) is 0 Å². The van der Waals surface area contributed by atoms with E-state index >= 15 is 0 Å². The average molecular weight is 757 g/mol. The van der Waals surface area contributed by atoms with Crippen LogP contribution in [-0.4, -0.2) is 146 Å². The van der Waals surface area contributed by atoms with E-state index in [1.165, 1.54) is 0 Å². The van der Waals surface area contributed by atoms with E-state index in [9.17, 15) is 40.9 Å². The maximum atomic E-state index is 12.1. The molecule has 8 N–H and O–H groups in total. The van der Waals surface area contributed by atoms with E-state index < -0.39 is 86.5 Å². The highest BCUT2D eigenvalue weighted by atomic mass is 16.8. The first-order valence-corrected chi connectivity index (χ1v) is 20.4. The van der Waals surface area contributed by atoms with Crippen LogP contribution in [0.2, 0.25) is 0 Å². The number of aliphatic hydroxyl groups excluding tert-OH is 8. The Morgan fingerprint density at radius 3 is 2.02 bits per heavy atom. The van der Waals surface area contributed by atoms with Crippen LogP contribution in [0.4, 0.5) is 0 Å². The molecule has 0 aromatic heterocycles. The molecule has 8 fully saturated rings. The molecular formula is C39H64O14. The SMILES string of the molecule is CC1CCC2(OC1)O[C@H]1C([C@@H]2C)[C@@]2(C)CCC3C(CC[C@@H]4C[C@@H](OC5OC(CO)[C@H](O)[C@H](O)C5OC5OC(CO)C(O)[C@H](O)C5O)CC[C@]34C)C2[C@H]1O. The molecule has 13 unspecified atom stereocenters. The first-order chi connectivity index (χ1) is 25.2. The van der Waals surface area contributed by atoms with Gasteiger partial charge >= 0.3 is 0 Å². The molecule has 4 heterocycles. The highest BCUT2D eigenvalue weighted by molar-refractivity contribution is 5.18. The summed E-state index contributed by atoms with van der Waals surface area (Å²) in [6.07, 6.45) is -7.30. The third-order valence-corrected chi connectivity index (χ3v) is 16.2. The molecule has 0 radical (unpaired) electrons. The summed E-state index contributed by atoms with van der Waals surface area (Å²) in [7, 11) is 0. The second-order valence-corrected chi connectivity index (χ2v) is 18.8. The number of rotatable bonds is 6. The van der Waals surface area contributed by atoms with Crippen molar-refractivity contribution in [2.45, 2.75) is 171 Å². The van der Waals surface area contributed by atoms with E-state index in [0.29, 0.717) is 36.7 Å². The van der Waals surface area contributed by atoms with Crippen molar-refractivity contribution >= 4 is 0 Å². The average Bonchev–Trinajstić information content (AvgIpc) is 3.55. The van der Waals surface area contributed by atoms with Gasteiger partial charge in [-0.3, -0.25) is 0 Å². The minimum Gasteiger partial charge on any atom is -0.394 e. The van der Waals surface area contributed by atoms with Crippen molar-refractivity contribution in [2.24, 2.45) is 52.3 Å². The van der Waals surface area contributed by atoms with Gasteiger partial charge in [0, 0.05) is 18.3 Å². The highest BCUT2D eigenvalue weighted by Crippen LogP contribution is 2.71. The summed E-state index contributed by atoms with van der Waals surface area (Å²) in [5.74, 6) is 1.79. The summed E-state index contributed by atoms with van der Waals surface area (Å²) in [6.45, 7) is 8.83. The van der Waals surface area contributed by atoms with Crippen molar-refractivity contribution < 1.29 is 69.3 Å². The van der Waals surface area contributed by atoms with Gasteiger partial charge < -0.3 is 69.3 Å².